The van der Waals surface area contributed by atoms with Gasteiger partial charge in [-0.2, -0.15) is 9.97 Å². The summed E-state index contributed by atoms with van der Waals surface area (Å²) in [5.41, 5.74) is 0.961. The number of nitrogens with zero attached hydrogens (tertiary/aromatic N) is 7. The molecule has 2 amide bonds. The van der Waals surface area contributed by atoms with Crippen LogP contribution in [0.4, 0.5) is 19.5 Å². The van der Waals surface area contributed by atoms with Crippen molar-refractivity contribution in [3.63, 3.8) is 0 Å². The number of carbonyl (C=O) groups excluding carboxylic acids is 2. The number of amides is 2. The van der Waals surface area contributed by atoms with E-state index in [0.29, 0.717) is 95.1 Å². The lowest BCUT2D eigenvalue weighted by atomic mass is 9.86. The molecule has 1 aromatic carbocycles. The van der Waals surface area contributed by atoms with E-state index >= 15 is 0 Å². The first kappa shape index (κ1) is 29.0. The number of morpholine rings is 1. The number of hydrogen-bond acceptors (Lipinski definition) is 9. The molecule has 0 spiro atoms. The molecular weight excluding hydrogens is 564 g/mol. The van der Waals surface area contributed by atoms with Crippen LogP contribution < -0.4 is 9.64 Å². The molecule has 0 atom stereocenters. The SMILES string of the molecule is COC(=O)N1CCN(C(=O)[C@H]2CC[C@H](Oc3cc(-n4c(C(F)F)nc5ccccc54)nc(N4CCOCC4)n3)CC2)CC1. The Morgan fingerprint density at radius 1 is 0.930 bits per heavy atom. The maximum absolute atomic E-state index is 14.1. The van der Waals surface area contributed by atoms with Crippen molar-refractivity contribution in [2.75, 3.05) is 64.5 Å². The molecule has 0 radical (unpaired) electrons. The maximum Gasteiger partial charge on any atom is 0.409 e. The van der Waals surface area contributed by atoms with Gasteiger partial charge in [-0.15, -0.1) is 0 Å². The first-order valence-electron chi connectivity index (χ1n) is 14.7. The number of alkyl halides is 2. The fourth-order valence-corrected chi connectivity index (χ4v) is 6.01. The zero-order valence-corrected chi connectivity index (χ0v) is 24.0. The molecule has 2 aromatic heterocycles. The van der Waals surface area contributed by atoms with Gasteiger partial charge < -0.3 is 28.9 Å². The molecule has 2 aliphatic heterocycles. The fraction of sp³-hybridized carbons (Fsp3) is 0.552. The second-order valence-corrected chi connectivity index (χ2v) is 10.9. The van der Waals surface area contributed by atoms with Crippen molar-refractivity contribution in [1.82, 2.24) is 29.3 Å². The van der Waals surface area contributed by atoms with Crippen LogP contribution in [-0.4, -0.2) is 107 Å². The van der Waals surface area contributed by atoms with Crippen LogP contribution in [0.15, 0.2) is 30.3 Å². The monoisotopic (exact) mass is 599 g/mol. The molecule has 1 saturated carbocycles. The van der Waals surface area contributed by atoms with E-state index in [-0.39, 0.29) is 35.7 Å². The number of ether oxygens (including phenoxy) is 3. The summed E-state index contributed by atoms with van der Waals surface area (Å²) >= 11 is 0. The number of benzene rings is 1. The minimum absolute atomic E-state index is 0.105. The summed E-state index contributed by atoms with van der Waals surface area (Å²) in [6.45, 7) is 4.04. The Balaban J connectivity index is 1.18. The number of para-hydroxylation sites is 2. The third kappa shape index (κ3) is 6.19. The molecule has 12 nitrogen and oxygen atoms in total. The lowest BCUT2D eigenvalue weighted by Crippen LogP contribution is -2.52. The molecule has 0 N–H and O–H groups in total. The van der Waals surface area contributed by atoms with E-state index < -0.39 is 12.2 Å². The van der Waals surface area contributed by atoms with Crippen LogP contribution in [0.3, 0.4) is 0 Å². The van der Waals surface area contributed by atoms with E-state index in [1.54, 1.807) is 35.2 Å². The van der Waals surface area contributed by atoms with Crippen LogP contribution in [0.2, 0.25) is 0 Å². The summed E-state index contributed by atoms with van der Waals surface area (Å²) in [6, 6.07) is 8.54. The highest BCUT2D eigenvalue weighted by Gasteiger charge is 2.33. The van der Waals surface area contributed by atoms with Gasteiger partial charge >= 0.3 is 6.09 Å². The van der Waals surface area contributed by atoms with Crippen LogP contribution in [0.1, 0.15) is 37.9 Å². The third-order valence-electron chi connectivity index (χ3n) is 8.32. The molecule has 3 aromatic rings. The van der Waals surface area contributed by atoms with Crippen molar-refractivity contribution in [3.8, 4) is 11.7 Å². The normalized spacial score (nSPS) is 21.3. The molecule has 0 bridgehead atoms. The number of anilines is 1. The van der Waals surface area contributed by atoms with Crippen molar-refractivity contribution in [3.05, 3.63) is 36.2 Å². The Bertz CT molecular complexity index is 1450. The first-order valence-corrected chi connectivity index (χ1v) is 14.7. The Kier molecular flexibility index (Phi) is 8.54. The summed E-state index contributed by atoms with van der Waals surface area (Å²) in [7, 11) is 1.35. The molecule has 14 heteroatoms. The van der Waals surface area contributed by atoms with E-state index in [2.05, 4.69) is 15.0 Å². The van der Waals surface area contributed by atoms with E-state index in [0.717, 1.165) is 0 Å². The highest BCUT2D eigenvalue weighted by molar-refractivity contribution is 5.79. The molecule has 230 valence electrons. The van der Waals surface area contributed by atoms with Gasteiger partial charge in [0.15, 0.2) is 5.82 Å². The Hall–Kier alpha value is -4.07. The van der Waals surface area contributed by atoms with Crippen LogP contribution >= 0.6 is 0 Å². The molecule has 0 unspecified atom stereocenters. The molecule has 2 saturated heterocycles. The zero-order valence-electron chi connectivity index (χ0n) is 24.0. The number of hydrogen-bond donors (Lipinski definition) is 0. The van der Waals surface area contributed by atoms with Crippen molar-refractivity contribution in [2.45, 2.75) is 38.2 Å². The van der Waals surface area contributed by atoms with Crippen LogP contribution in [0.5, 0.6) is 5.88 Å². The number of carbonyl (C=O) groups is 2. The highest BCUT2D eigenvalue weighted by Crippen LogP contribution is 2.32. The highest BCUT2D eigenvalue weighted by atomic mass is 19.3. The average Bonchev–Trinajstić information content (AvgIpc) is 3.45. The van der Waals surface area contributed by atoms with Crippen molar-refractivity contribution in [1.29, 1.82) is 0 Å². The van der Waals surface area contributed by atoms with Gasteiger partial charge in [-0.1, -0.05) is 12.1 Å². The maximum atomic E-state index is 14.1. The summed E-state index contributed by atoms with van der Waals surface area (Å²) in [4.78, 5) is 43.9. The van der Waals surface area contributed by atoms with Gasteiger partial charge in [0.2, 0.25) is 17.7 Å². The van der Waals surface area contributed by atoms with Gasteiger partial charge in [0.1, 0.15) is 11.9 Å². The third-order valence-corrected chi connectivity index (χ3v) is 8.32. The Morgan fingerprint density at radius 3 is 2.33 bits per heavy atom. The topological polar surface area (TPSA) is 115 Å². The zero-order chi connectivity index (χ0) is 29.9. The Labute approximate surface area is 247 Å². The quantitative estimate of drug-likeness (QED) is 0.420. The number of halogens is 2. The van der Waals surface area contributed by atoms with Gasteiger partial charge in [0.25, 0.3) is 6.43 Å². The van der Waals surface area contributed by atoms with E-state index in [4.69, 9.17) is 14.2 Å². The molecule has 43 heavy (non-hydrogen) atoms. The number of fused-ring (bicyclic) bond motifs is 1. The van der Waals surface area contributed by atoms with Gasteiger partial charge in [-0.25, -0.2) is 18.6 Å². The van der Waals surface area contributed by atoms with Crippen LogP contribution in [0.25, 0.3) is 16.9 Å². The van der Waals surface area contributed by atoms with Gasteiger partial charge in [-0.3, -0.25) is 9.36 Å². The van der Waals surface area contributed by atoms with E-state index in [1.807, 2.05) is 9.80 Å². The summed E-state index contributed by atoms with van der Waals surface area (Å²) in [6.07, 6.45) is -0.736. The number of methoxy groups -OCH3 is 1. The summed E-state index contributed by atoms with van der Waals surface area (Å²) in [5, 5.41) is 0. The van der Waals surface area contributed by atoms with Gasteiger partial charge in [0, 0.05) is 51.3 Å². The summed E-state index contributed by atoms with van der Waals surface area (Å²) < 4.78 is 46.3. The average molecular weight is 600 g/mol. The Morgan fingerprint density at radius 2 is 1.63 bits per heavy atom. The van der Waals surface area contributed by atoms with Gasteiger partial charge in [0.05, 0.1) is 31.4 Å². The van der Waals surface area contributed by atoms with E-state index in [9.17, 15) is 18.4 Å². The minimum atomic E-state index is -2.81. The van der Waals surface area contributed by atoms with Gasteiger partial charge in [-0.05, 0) is 37.8 Å². The number of rotatable bonds is 6. The van der Waals surface area contributed by atoms with Crippen molar-refractivity contribution in [2.24, 2.45) is 5.92 Å². The first-order chi connectivity index (χ1) is 20.9. The number of imidazole rings is 1. The standard InChI is InChI=1S/C29H35F2N7O5/c1-41-29(40)37-12-10-35(11-13-37)27(39)19-6-8-20(9-7-19)43-24-18-23(33-28(34-24)36-14-16-42-17-15-36)38-22-5-3-2-4-21(22)32-26(38)25(30)31/h2-5,18-20,25H,6-17H2,1H3/t19-,20-. The molecular formula is C29H35F2N7O5. The molecule has 6 rings (SSSR count). The summed E-state index contributed by atoms with van der Waals surface area (Å²) in [5.74, 6) is 0.520. The largest absolute Gasteiger partial charge is 0.474 e. The second kappa shape index (κ2) is 12.7. The minimum Gasteiger partial charge on any atom is -0.474 e. The molecule has 1 aliphatic carbocycles. The number of piperazine rings is 1. The van der Waals surface area contributed by atoms with Crippen molar-refractivity contribution >= 4 is 29.0 Å². The predicted octanol–water partition coefficient (Wildman–Crippen LogP) is 3.44. The second-order valence-electron chi connectivity index (χ2n) is 10.9. The lowest BCUT2D eigenvalue weighted by Gasteiger charge is -2.37. The molecule has 3 fully saturated rings. The predicted molar refractivity (Wildman–Crippen MR) is 152 cm³/mol. The molecule has 3 aliphatic rings. The number of aromatic nitrogens is 4. The lowest BCUT2D eigenvalue weighted by molar-refractivity contribution is -0.138. The van der Waals surface area contributed by atoms with Crippen LogP contribution in [0, 0.1) is 5.92 Å². The smallest absolute Gasteiger partial charge is 0.409 e. The van der Waals surface area contributed by atoms with Crippen LogP contribution in [-0.2, 0) is 14.3 Å². The molecule has 4 heterocycles. The fourth-order valence-electron chi connectivity index (χ4n) is 6.01. The van der Waals surface area contributed by atoms with E-state index in [1.165, 1.54) is 11.7 Å². The van der Waals surface area contributed by atoms with Crippen molar-refractivity contribution < 1.29 is 32.6 Å².